The fourth-order valence-corrected chi connectivity index (χ4v) is 3.88. The van der Waals surface area contributed by atoms with Crippen molar-refractivity contribution in [3.63, 3.8) is 0 Å². The number of nitrogens with zero attached hydrogens (tertiary/aromatic N) is 1. The quantitative estimate of drug-likeness (QED) is 0.434. The molecule has 0 saturated carbocycles. The second-order valence-electron chi connectivity index (χ2n) is 5.86. The van der Waals surface area contributed by atoms with Crippen molar-refractivity contribution >= 4 is 44.7 Å². The fourth-order valence-electron chi connectivity index (χ4n) is 2.84. The smallest absolute Gasteiger partial charge is 0.350 e. The van der Waals surface area contributed by atoms with Gasteiger partial charge in [0.25, 0.3) is 0 Å². The molecule has 0 aliphatic carbocycles. The lowest BCUT2D eigenvalue weighted by Gasteiger charge is -2.06. The van der Waals surface area contributed by atoms with Gasteiger partial charge in [0, 0.05) is 5.69 Å². The minimum absolute atomic E-state index is 0.289. The number of carbonyl (C=O) groups excluding carboxylic acids is 1. The van der Waals surface area contributed by atoms with E-state index in [4.69, 9.17) is 10.5 Å². The Bertz CT molecular complexity index is 1070. The summed E-state index contributed by atoms with van der Waals surface area (Å²) >= 11 is 1.26. The van der Waals surface area contributed by atoms with Crippen molar-refractivity contribution in [2.45, 2.75) is 6.92 Å². The molecule has 136 valence electrons. The van der Waals surface area contributed by atoms with Gasteiger partial charge in [0.15, 0.2) is 0 Å². The molecule has 0 saturated heterocycles. The first-order valence-corrected chi connectivity index (χ1v) is 9.35. The Morgan fingerprint density at radius 1 is 1.19 bits per heavy atom. The molecule has 0 unspecified atom stereocenters. The molecule has 0 aliphatic heterocycles. The Labute approximate surface area is 160 Å². The maximum atomic E-state index is 12.3. The summed E-state index contributed by atoms with van der Waals surface area (Å²) in [5.41, 5.74) is 10.0. The first-order valence-electron chi connectivity index (χ1n) is 8.54. The third-order valence-corrected chi connectivity index (χ3v) is 5.16. The molecule has 4 N–H and O–H groups in total. The first-order chi connectivity index (χ1) is 13.2. The predicted molar refractivity (Wildman–Crippen MR) is 110 cm³/mol. The zero-order valence-corrected chi connectivity index (χ0v) is 15.5. The van der Waals surface area contributed by atoms with Gasteiger partial charge in [-0.1, -0.05) is 30.3 Å². The molecule has 0 atom stereocenters. The molecule has 6 nitrogen and oxygen atoms in total. The molecule has 7 heteroatoms. The first kappa shape index (κ1) is 17.1. The summed E-state index contributed by atoms with van der Waals surface area (Å²) in [6.07, 6.45) is 0. The van der Waals surface area contributed by atoms with Crippen molar-refractivity contribution < 1.29 is 9.53 Å². The third kappa shape index (κ3) is 3.24. The summed E-state index contributed by atoms with van der Waals surface area (Å²) < 4.78 is 5.16. The lowest BCUT2D eigenvalue weighted by atomic mass is 10.2. The van der Waals surface area contributed by atoms with Gasteiger partial charge in [-0.2, -0.15) is 0 Å². The van der Waals surface area contributed by atoms with E-state index in [0.29, 0.717) is 22.0 Å². The van der Waals surface area contributed by atoms with Crippen molar-refractivity contribution in [1.82, 2.24) is 9.97 Å². The predicted octanol–water partition coefficient (Wildman–Crippen LogP) is 4.79. The SMILES string of the molecule is CCOC(=O)c1sc(Nc2ccccc2)c(-c2nc3ccccc3[nH]2)c1N. The monoisotopic (exact) mass is 378 g/mol. The maximum absolute atomic E-state index is 12.3. The lowest BCUT2D eigenvalue weighted by Crippen LogP contribution is -2.05. The zero-order valence-electron chi connectivity index (χ0n) is 14.7. The number of hydrogen-bond acceptors (Lipinski definition) is 6. The van der Waals surface area contributed by atoms with Crippen LogP contribution in [0.25, 0.3) is 22.4 Å². The number of aromatic amines is 1. The molecule has 0 bridgehead atoms. The van der Waals surface area contributed by atoms with Crippen molar-refractivity contribution in [3.05, 3.63) is 59.5 Å². The van der Waals surface area contributed by atoms with E-state index in [0.717, 1.165) is 21.7 Å². The van der Waals surface area contributed by atoms with Gasteiger partial charge in [-0.25, -0.2) is 9.78 Å². The molecule has 0 spiro atoms. The molecule has 27 heavy (non-hydrogen) atoms. The number of ether oxygens (including phenoxy) is 1. The molecule has 2 aromatic carbocycles. The van der Waals surface area contributed by atoms with E-state index in [9.17, 15) is 4.79 Å². The van der Waals surface area contributed by atoms with Gasteiger partial charge in [-0.15, -0.1) is 11.3 Å². The number of nitrogen functional groups attached to an aromatic ring is 1. The summed E-state index contributed by atoms with van der Waals surface area (Å²) in [4.78, 5) is 20.6. The van der Waals surface area contributed by atoms with E-state index in [2.05, 4.69) is 15.3 Å². The molecule has 4 rings (SSSR count). The average molecular weight is 378 g/mol. The van der Waals surface area contributed by atoms with Crippen molar-refractivity contribution in [2.24, 2.45) is 0 Å². The summed E-state index contributed by atoms with van der Waals surface area (Å²) in [5.74, 6) is 0.178. The number of esters is 1. The van der Waals surface area contributed by atoms with Crippen LogP contribution in [-0.2, 0) is 4.74 Å². The Hall–Kier alpha value is -3.32. The minimum atomic E-state index is -0.432. The molecule has 0 amide bonds. The second kappa shape index (κ2) is 7.13. The van der Waals surface area contributed by atoms with Gasteiger partial charge < -0.3 is 20.8 Å². The Morgan fingerprint density at radius 3 is 2.67 bits per heavy atom. The number of nitrogens with one attached hydrogen (secondary N) is 2. The van der Waals surface area contributed by atoms with Gasteiger partial charge in [-0.3, -0.25) is 0 Å². The van der Waals surface area contributed by atoms with Crippen LogP contribution in [0.1, 0.15) is 16.6 Å². The second-order valence-corrected chi connectivity index (χ2v) is 6.88. The van der Waals surface area contributed by atoms with Crippen LogP contribution in [0.3, 0.4) is 0 Å². The number of hydrogen-bond donors (Lipinski definition) is 3. The van der Waals surface area contributed by atoms with Crippen LogP contribution in [0.4, 0.5) is 16.4 Å². The average Bonchev–Trinajstić information content (AvgIpc) is 3.23. The highest BCUT2D eigenvalue weighted by molar-refractivity contribution is 7.19. The van der Waals surface area contributed by atoms with Crippen LogP contribution in [0.2, 0.25) is 0 Å². The largest absolute Gasteiger partial charge is 0.462 e. The highest BCUT2D eigenvalue weighted by atomic mass is 32.1. The van der Waals surface area contributed by atoms with E-state index in [-0.39, 0.29) is 6.61 Å². The van der Waals surface area contributed by atoms with Gasteiger partial charge in [0.05, 0.1) is 28.9 Å². The normalized spacial score (nSPS) is 10.9. The lowest BCUT2D eigenvalue weighted by molar-refractivity contribution is 0.0533. The van der Waals surface area contributed by atoms with Crippen LogP contribution < -0.4 is 11.1 Å². The molecule has 2 heterocycles. The molecule has 4 aromatic rings. The Kier molecular flexibility index (Phi) is 4.52. The molecule has 0 fully saturated rings. The molecular formula is C20H18N4O2S. The van der Waals surface area contributed by atoms with Crippen LogP contribution in [0.15, 0.2) is 54.6 Å². The van der Waals surface area contributed by atoms with Gasteiger partial charge >= 0.3 is 5.97 Å². The van der Waals surface area contributed by atoms with Gasteiger partial charge in [0.1, 0.15) is 15.7 Å². The summed E-state index contributed by atoms with van der Waals surface area (Å²) in [5, 5.41) is 4.08. The van der Waals surface area contributed by atoms with Crippen LogP contribution in [0.5, 0.6) is 0 Å². The number of para-hydroxylation sites is 3. The van der Waals surface area contributed by atoms with Gasteiger partial charge in [-0.05, 0) is 31.2 Å². The van der Waals surface area contributed by atoms with Crippen molar-refractivity contribution in [2.75, 3.05) is 17.7 Å². The number of thiophene rings is 1. The Balaban J connectivity index is 1.85. The number of fused-ring (bicyclic) bond motifs is 1. The number of anilines is 3. The zero-order chi connectivity index (χ0) is 18.8. The highest BCUT2D eigenvalue weighted by Crippen LogP contribution is 2.44. The highest BCUT2D eigenvalue weighted by Gasteiger charge is 2.25. The number of carbonyl (C=O) groups is 1. The maximum Gasteiger partial charge on any atom is 0.350 e. The standard InChI is InChI=1S/C20H18N4O2S/c1-2-26-20(25)17-16(21)15(18-23-13-10-6-7-11-14(13)24-18)19(27-17)22-12-8-4-3-5-9-12/h3-11,22H,2,21H2,1H3,(H,23,24). The molecule has 0 radical (unpaired) electrons. The number of imidazole rings is 1. The number of benzene rings is 2. The fraction of sp³-hybridized carbons (Fsp3) is 0.100. The third-order valence-electron chi connectivity index (χ3n) is 4.06. The number of H-pyrrole nitrogens is 1. The number of rotatable bonds is 5. The van der Waals surface area contributed by atoms with Crippen molar-refractivity contribution in [1.29, 1.82) is 0 Å². The molecule has 2 aromatic heterocycles. The van der Waals surface area contributed by atoms with Crippen LogP contribution in [-0.4, -0.2) is 22.5 Å². The van der Waals surface area contributed by atoms with E-state index >= 15 is 0 Å². The van der Waals surface area contributed by atoms with Crippen LogP contribution in [0, 0.1) is 0 Å². The van der Waals surface area contributed by atoms with E-state index in [1.807, 2.05) is 54.6 Å². The summed E-state index contributed by atoms with van der Waals surface area (Å²) in [6, 6.07) is 17.5. The minimum Gasteiger partial charge on any atom is -0.462 e. The van der Waals surface area contributed by atoms with E-state index in [1.165, 1.54) is 11.3 Å². The molecule has 0 aliphatic rings. The van der Waals surface area contributed by atoms with E-state index in [1.54, 1.807) is 6.92 Å². The summed E-state index contributed by atoms with van der Waals surface area (Å²) in [6.45, 7) is 2.06. The topological polar surface area (TPSA) is 93.0 Å². The molecular weight excluding hydrogens is 360 g/mol. The summed E-state index contributed by atoms with van der Waals surface area (Å²) in [7, 11) is 0. The number of aromatic nitrogens is 2. The van der Waals surface area contributed by atoms with Crippen LogP contribution >= 0.6 is 11.3 Å². The Morgan fingerprint density at radius 2 is 1.93 bits per heavy atom. The van der Waals surface area contributed by atoms with Gasteiger partial charge in [0.2, 0.25) is 0 Å². The van der Waals surface area contributed by atoms with Crippen molar-refractivity contribution in [3.8, 4) is 11.4 Å². The van der Waals surface area contributed by atoms with E-state index < -0.39 is 5.97 Å². The number of nitrogens with two attached hydrogens (primary N) is 1.